The van der Waals surface area contributed by atoms with E-state index in [-0.39, 0.29) is 23.7 Å². The van der Waals surface area contributed by atoms with Gasteiger partial charge in [0, 0.05) is 12.0 Å². The third-order valence-corrected chi connectivity index (χ3v) is 10.7. The number of rotatable bonds is 9. The van der Waals surface area contributed by atoms with Crippen LogP contribution in [-0.4, -0.2) is 45.8 Å². The van der Waals surface area contributed by atoms with Crippen molar-refractivity contribution < 1.29 is 20.1 Å². The monoisotopic (exact) mass is 504 g/mol. The van der Waals surface area contributed by atoms with Gasteiger partial charge in [-0.3, -0.25) is 0 Å². The van der Waals surface area contributed by atoms with E-state index in [2.05, 4.69) is 39.8 Å². The first-order valence-corrected chi connectivity index (χ1v) is 15.3. The maximum absolute atomic E-state index is 10.6. The van der Waals surface area contributed by atoms with Gasteiger partial charge in [0.25, 0.3) is 0 Å². The largest absolute Gasteiger partial charge is 0.392 e. The molecule has 4 aliphatic rings. The maximum atomic E-state index is 10.6. The summed E-state index contributed by atoms with van der Waals surface area (Å²) in [7, 11) is 0. The smallest absolute Gasteiger partial charge is 0.0658 e. The van der Waals surface area contributed by atoms with Crippen molar-refractivity contribution in [3.05, 3.63) is 23.3 Å². The zero-order chi connectivity index (χ0) is 26.6. The van der Waals surface area contributed by atoms with E-state index in [4.69, 9.17) is 4.74 Å². The highest BCUT2D eigenvalue weighted by Crippen LogP contribution is 2.59. The molecule has 1 spiro atoms. The van der Waals surface area contributed by atoms with Crippen molar-refractivity contribution >= 4 is 0 Å². The summed E-state index contributed by atoms with van der Waals surface area (Å²) in [5.41, 5.74) is 2.36. The Morgan fingerprint density at radius 3 is 2.25 bits per heavy atom. The Kier molecular flexibility index (Phi) is 10.3. The SMILES string of the molecule is CC.CCC(O)(CC)CCCOC(C)C1CCC2/C(=C/C=C3CC(O)C4(CC4)[C@H](O)C3)CCCC21C. The molecule has 0 heterocycles. The van der Waals surface area contributed by atoms with Crippen LogP contribution < -0.4 is 0 Å². The number of ether oxygens (including phenoxy) is 1. The molecule has 5 unspecified atom stereocenters. The summed E-state index contributed by atoms with van der Waals surface area (Å²) in [5.74, 6) is 1.20. The normalized spacial score (nSPS) is 36.5. The van der Waals surface area contributed by atoms with Gasteiger partial charge in [0.05, 0.1) is 23.9 Å². The number of fused-ring (bicyclic) bond motifs is 1. The van der Waals surface area contributed by atoms with E-state index < -0.39 is 5.60 Å². The molecule has 0 aromatic carbocycles. The molecule has 208 valence electrons. The van der Waals surface area contributed by atoms with Gasteiger partial charge in [0.2, 0.25) is 0 Å². The van der Waals surface area contributed by atoms with Crippen molar-refractivity contribution in [1.29, 1.82) is 0 Å². The van der Waals surface area contributed by atoms with Crippen molar-refractivity contribution in [2.75, 3.05) is 6.61 Å². The van der Waals surface area contributed by atoms with Crippen molar-refractivity contribution in [2.24, 2.45) is 22.7 Å². The Balaban J connectivity index is 0.00000176. The summed E-state index contributed by atoms with van der Waals surface area (Å²) < 4.78 is 6.37. The standard InChI is InChI=1S/C30H50O4.C2H6/c1-5-29(33,6-2)15-8-18-34-21(3)24-12-13-25-23(9-7-14-28(24,25)4)11-10-22-19-26(31)30(16-17-30)27(32)20-22;1-2/h10-11,21,24-27,31-33H,5-9,12-20H2,1-4H3;1-2H3/b22-10?,23-11+;/t21?,24?,25?,26-,27?,28?;/m1./s1. The van der Waals surface area contributed by atoms with Gasteiger partial charge in [-0.25, -0.2) is 0 Å². The second kappa shape index (κ2) is 12.5. The van der Waals surface area contributed by atoms with Crippen LogP contribution in [0.5, 0.6) is 0 Å². The molecule has 4 saturated carbocycles. The van der Waals surface area contributed by atoms with Crippen molar-refractivity contribution in [3.8, 4) is 0 Å². The number of hydrogen-bond acceptors (Lipinski definition) is 4. The van der Waals surface area contributed by atoms with E-state index in [1.807, 2.05) is 13.8 Å². The van der Waals surface area contributed by atoms with Crippen LogP contribution in [0.15, 0.2) is 23.3 Å². The molecule has 0 saturated heterocycles. The van der Waals surface area contributed by atoms with Gasteiger partial charge in [0.15, 0.2) is 0 Å². The lowest BCUT2D eigenvalue weighted by atomic mass is 9.62. The Labute approximate surface area is 221 Å². The number of hydrogen-bond donors (Lipinski definition) is 3. The minimum absolute atomic E-state index is 0.186. The first kappa shape index (κ1) is 29.9. The molecule has 4 rings (SSSR count). The summed E-state index contributed by atoms with van der Waals surface area (Å²) in [6, 6.07) is 0. The predicted octanol–water partition coefficient (Wildman–Crippen LogP) is 7.11. The van der Waals surface area contributed by atoms with Gasteiger partial charge >= 0.3 is 0 Å². The fourth-order valence-electron chi connectivity index (χ4n) is 7.82. The summed E-state index contributed by atoms with van der Waals surface area (Å²) in [6.45, 7) is 13.6. The minimum Gasteiger partial charge on any atom is -0.392 e. The van der Waals surface area contributed by atoms with Crippen LogP contribution in [0, 0.1) is 22.7 Å². The Hall–Kier alpha value is -0.680. The fourth-order valence-corrected chi connectivity index (χ4v) is 7.82. The van der Waals surface area contributed by atoms with Crippen LogP contribution in [0.1, 0.15) is 125 Å². The highest BCUT2D eigenvalue weighted by Gasteiger charge is 2.56. The molecular formula is C32H56O4. The molecular weight excluding hydrogens is 448 g/mol. The van der Waals surface area contributed by atoms with Crippen LogP contribution in [0.25, 0.3) is 0 Å². The van der Waals surface area contributed by atoms with Gasteiger partial charge in [-0.1, -0.05) is 57.9 Å². The first-order valence-electron chi connectivity index (χ1n) is 15.3. The third kappa shape index (κ3) is 6.14. The average Bonchev–Trinajstić information content (AvgIpc) is 3.61. The summed E-state index contributed by atoms with van der Waals surface area (Å²) in [6.07, 6.45) is 17.0. The van der Waals surface area contributed by atoms with Gasteiger partial charge in [-0.2, -0.15) is 0 Å². The molecule has 0 aromatic rings. The zero-order valence-corrected chi connectivity index (χ0v) is 24.2. The van der Waals surface area contributed by atoms with E-state index in [1.54, 1.807) is 5.57 Å². The Morgan fingerprint density at radius 2 is 1.67 bits per heavy atom. The van der Waals surface area contributed by atoms with E-state index in [0.29, 0.717) is 17.3 Å². The molecule has 36 heavy (non-hydrogen) atoms. The van der Waals surface area contributed by atoms with Crippen molar-refractivity contribution in [1.82, 2.24) is 0 Å². The second-order valence-electron chi connectivity index (χ2n) is 12.4. The van der Waals surface area contributed by atoms with Gasteiger partial charge in [0.1, 0.15) is 0 Å². The number of aliphatic hydroxyl groups is 3. The molecule has 0 aromatic heterocycles. The lowest BCUT2D eigenvalue weighted by molar-refractivity contribution is -0.0366. The van der Waals surface area contributed by atoms with Crippen LogP contribution in [0.4, 0.5) is 0 Å². The van der Waals surface area contributed by atoms with E-state index in [0.717, 1.165) is 58.0 Å². The molecule has 4 nitrogen and oxygen atoms in total. The number of aliphatic hydroxyl groups excluding tert-OH is 2. The Morgan fingerprint density at radius 1 is 1.03 bits per heavy atom. The second-order valence-corrected chi connectivity index (χ2v) is 12.4. The van der Waals surface area contributed by atoms with E-state index >= 15 is 0 Å². The topological polar surface area (TPSA) is 69.9 Å². The van der Waals surface area contributed by atoms with E-state index in [1.165, 1.54) is 37.7 Å². The van der Waals surface area contributed by atoms with Crippen LogP contribution in [-0.2, 0) is 4.74 Å². The van der Waals surface area contributed by atoms with Crippen LogP contribution in [0.3, 0.4) is 0 Å². The number of allylic oxidation sites excluding steroid dienone is 3. The van der Waals surface area contributed by atoms with Crippen molar-refractivity contribution in [2.45, 2.75) is 149 Å². The average molecular weight is 505 g/mol. The molecule has 4 fully saturated rings. The van der Waals surface area contributed by atoms with Crippen molar-refractivity contribution in [3.63, 3.8) is 0 Å². The molecule has 4 aliphatic carbocycles. The summed E-state index contributed by atoms with van der Waals surface area (Å²) >= 11 is 0. The molecule has 4 heteroatoms. The molecule has 0 amide bonds. The lowest BCUT2D eigenvalue weighted by Crippen LogP contribution is -2.39. The quantitative estimate of drug-likeness (QED) is 0.293. The molecule has 6 atom stereocenters. The van der Waals surface area contributed by atoms with E-state index in [9.17, 15) is 15.3 Å². The predicted molar refractivity (Wildman–Crippen MR) is 149 cm³/mol. The lowest BCUT2D eigenvalue weighted by Gasteiger charge is -2.44. The molecule has 0 bridgehead atoms. The first-order chi connectivity index (χ1) is 17.2. The van der Waals surface area contributed by atoms with Gasteiger partial charge < -0.3 is 20.1 Å². The molecule has 0 radical (unpaired) electrons. The molecule has 0 aliphatic heterocycles. The van der Waals surface area contributed by atoms with Gasteiger partial charge in [-0.05, 0) is 108 Å². The zero-order valence-electron chi connectivity index (χ0n) is 24.2. The van der Waals surface area contributed by atoms with Gasteiger partial charge in [-0.15, -0.1) is 0 Å². The third-order valence-electron chi connectivity index (χ3n) is 10.7. The highest BCUT2D eigenvalue weighted by molar-refractivity contribution is 5.28. The Bertz CT molecular complexity index is 746. The van der Waals surface area contributed by atoms with Crippen LogP contribution >= 0.6 is 0 Å². The maximum Gasteiger partial charge on any atom is 0.0658 e. The summed E-state index contributed by atoms with van der Waals surface area (Å²) in [4.78, 5) is 0. The fraction of sp³-hybridized carbons (Fsp3) is 0.875. The minimum atomic E-state index is -0.529. The summed E-state index contributed by atoms with van der Waals surface area (Å²) in [5, 5.41) is 31.7. The molecule has 3 N–H and O–H groups in total. The van der Waals surface area contributed by atoms with Crippen LogP contribution in [0.2, 0.25) is 0 Å². The highest BCUT2D eigenvalue weighted by atomic mass is 16.5.